The average molecular weight is 307 g/mol. The summed E-state index contributed by atoms with van der Waals surface area (Å²) in [5.74, 6) is 0.175. The molecule has 0 saturated carbocycles. The first-order valence-corrected chi connectivity index (χ1v) is 9.11. The van der Waals surface area contributed by atoms with Gasteiger partial charge in [0.15, 0.2) is 0 Å². The predicted octanol–water partition coefficient (Wildman–Crippen LogP) is 2.41. The molecule has 1 amide bonds. The zero-order chi connectivity index (χ0) is 15.8. The van der Waals surface area contributed by atoms with Crippen LogP contribution in [-0.4, -0.2) is 60.5 Å². The fourth-order valence-electron chi connectivity index (χ4n) is 3.32. The van der Waals surface area contributed by atoms with Crippen LogP contribution in [0.2, 0.25) is 0 Å². The van der Waals surface area contributed by atoms with Crippen LogP contribution in [0.4, 0.5) is 0 Å². The monoisotopic (exact) mass is 307 g/mol. The number of carbonyl (C=O) groups is 1. The van der Waals surface area contributed by atoms with Crippen molar-refractivity contribution in [2.24, 2.45) is 0 Å². The van der Waals surface area contributed by atoms with Crippen molar-refractivity contribution in [3.8, 4) is 0 Å². The van der Waals surface area contributed by atoms with E-state index in [0.29, 0.717) is 12.6 Å². The van der Waals surface area contributed by atoms with E-state index in [4.69, 9.17) is 0 Å². The van der Waals surface area contributed by atoms with Crippen LogP contribution in [0.3, 0.4) is 0 Å². The highest BCUT2D eigenvalue weighted by Crippen LogP contribution is 2.18. The zero-order valence-corrected chi connectivity index (χ0v) is 14.4. The summed E-state index contributed by atoms with van der Waals surface area (Å²) in [5, 5.41) is 3.06. The number of rotatable bonds is 5. The largest absolute Gasteiger partial charge is 0.353 e. The number of hydrogen-bond acceptors (Lipinski definition) is 3. The molecule has 22 heavy (non-hydrogen) atoms. The standard InChI is InChI=1S/C18H33N3O/c1-3-16(2)19-18(22)15-20-11-13-21(14-12-20)17-9-7-5-4-6-8-10-17/h7,9,16-17H,3-6,8,10-15H2,1-2H3,(H,19,22). The molecule has 2 atom stereocenters. The molecule has 1 fully saturated rings. The molecule has 1 saturated heterocycles. The van der Waals surface area contributed by atoms with E-state index in [9.17, 15) is 4.79 Å². The van der Waals surface area contributed by atoms with Crippen LogP contribution in [0.25, 0.3) is 0 Å². The number of piperazine rings is 1. The fraction of sp³-hybridized carbons (Fsp3) is 0.833. The van der Waals surface area contributed by atoms with Crippen molar-refractivity contribution >= 4 is 5.91 Å². The van der Waals surface area contributed by atoms with Crippen molar-refractivity contribution in [3.05, 3.63) is 12.2 Å². The Morgan fingerprint density at radius 1 is 1.23 bits per heavy atom. The molecule has 2 aliphatic rings. The summed E-state index contributed by atoms with van der Waals surface area (Å²) in [7, 11) is 0. The Morgan fingerprint density at radius 3 is 2.73 bits per heavy atom. The Labute approximate surface area is 135 Å². The lowest BCUT2D eigenvalue weighted by Crippen LogP contribution is -2.52. The van der Waals surface area contributed by atoms with Gasteiger partial charge < -0.3 is 5.32 Å². The van der Waals surface area contributed by atoms with Gasteiger partial charge in [0.1, 0.15) is 0 Å². The number of hydrogen-bond donors (Lipinski definition) is 1. The molecule has 1 aliphatic carbocycles. The van der Waals surface area contributed by atoms with Gasteiger partial charge in [-0.05, 0) is 32.6 Å². The van der Waals surface area contributed by atoms with Crippen molar-refractivity contribution in [2.45, 2.75) is 64.5 Å². The van der Waals surface area contributed by atoms with Gasteiger partial charge in [-0.1, -0.05) is 31.9 Å². The van der Waals surface area contributed by atoms with E-state index in [2.05, 4.69) is 41.1 Å². The molecule has 1 aliphatic heterocycles. The van der Waals surface area contributed by atoms with Gasteiger partial charge in [-0.15, -0.1) is 0 Å². The second-order valence-electron chi connectivity index (χ2n) is 6.82. The van der Waals surface area contributed by atoms with E-state index in [1.165, 1.54) is 32.1 Å². The fourth-order valence-corrected chi connectivity index (χ4v) is 3.32. The van der Waals surface area contributed by atoms with Gasteiger partial charge in [-0.3, -0.25) is 14.6 Å². The summed E-state index contributed by atoms with van der Waals surface area (Å²) in [6.07, 6.45) is 12.4. The number of amides is 1. The minimum Gasteiger partial charge on any atom is -0.353 e. The van der Waals surface area contributed by atoms with Gasteiger partial charge in [0.2, 0.25) is 5.91 Å². The SMILES string of the molecule is CCC(C)NC(=O)CN1CCN(C2C=CCCCCC2)CC1. The Bertz CT molecular complexity index is 361. The summed E-state index contributed by atoms with van der Waals surface area (Å²) >= 11 is 0. The Morgan fingerprint density at radius 2 is 2.00 bits per heavy atom. The molecule has 0 spiro atoms. The highest BCUT2D eigenvalue weighted by molar-refractivity contribution is 5.78. The molecule has 1 N–H and O–H groups in total. The topological polar surface area (TPSA) is 35.6 Å². The molecule has 126 valence electrons. The van der Waals surface area contributed by atoms with Gasteiger partial charge in [0.25, 0.3) is 0 Å². The third-order valence-corrected chi connectivity index (χ3v) is 4.99. The smallest absolute Gasteiger partial charge is 0.234 e. The van der Waals surface area contributed by atoms with Crippen LogP contribution in [0, 0.1) is 0 Å². The van der Waals surface area contributed by atoms with Crippen molar-refractivity contribution in [1.29, 1.82) is 0 Å². The predicted molar refractivity (Wildman–Crippen MR) is 91.9 cm³/mol. The highest BCUT2D eigenvalue weighted by Gasteiger charge is 2.23. The minimum absolute atomic E-state index is 0.175. The second kappa shape index (κ2) is 9.31. The zero-order valence-electron chi connectivity index (χ0n) is 14.4. The normalized spacial score (nSPS) is 26.2. The lowest BCUT2D eigenvalue weighted by Gasteiger charge is -2.38. The Balaban J connectivity index is 1.72. The van der Waals surface area contributed by atoms with Gasteiger partial charge in [-0.2, -0.15) is 0 Å². The maximum Gasteiger partial charge on any atom is 0.234 e. The summed E-state index contributed by atoms with van der Waals surface area (Å²) < 4.78 is 0. The lowest BCUT2D eigenvalue weighted by molar-refractivity contribution is -0.123. The summed E-state index contributed by atoms with van der Waals surface area (Å²) in [4.78, 5) is 16.9. The van der Waals surface area contributed by atoms with Crippen molar-refractivity contribution < 1.29 is 4.79 Å². The highest BCUT2D eigenvalue weighted by atomic mass is 16.2. The van der Waals surface area contributed by atoms with E-state index in [1.807, 2.05) is 0 Å². The first-order chi connectivity index (χ1) is 10.7. The van der Waals surface area contributed by atoms with E-state index in [-0.39, 0.29) is 11.9 Å². The molecule has 0 aromatic rings. The van der Waals surface area contributed by atoms with E-state index in [1.54, 1.807) is 0 Å². The van der Waals surface area contributed by atoms with Crippen molar-refractivity contribution in [1.82, 2.24) is 15.1 Å². The van der Waals surface area contributed by atoms with Gasteiger partial charge in [0.05, 0.1) is 6.54 Å². The third kappa shape index (κ3) is 5.73. The van der Waals surface area contributed by atoms with Crippen LogP contribution in [0.5, 0.6) is 0 Å². The molecular weight excluding hydrogens is 274 g/mol. The Hall–Kier alpha value is -0.870. The number of nitrogens with one attached hydrogen (secondary N) is 1. The molecule has 0 bridgehead atoms. The van der Waals surface area contributed by atoms with E-state index < -0.39 is 0 Å². The first-order valence-electron chi connectivity index (χ1n) is 9.11. The lowest BCUT2D eigenvalue weighted by atomic mass is 10.0. The van der Waals surface area contributed by atoms with Crippen LogP contribution in [-0.2, 0) is 4.79 Å². The molecule has 4 heteroatoms. The summed E-state index contributed by atoms with van der Waals surface area (Å²) in [6, 6.07) is 0.908. The molecule has 2 rings (SSSR count). The third-order valence-electron chi connectivity index (χ3n) is 4.99. The van der Waals surface area contributed by atoms with Crippen LogP contribution < -0.4 is 5.32 Å². The summed E-state index contributed by atoms with van der Waals surface area (Å²) in [6.45, 7) is 8.93. The van der Waals surface area contributed by atoms with Gasteiger partial charge >= 0.3 is 0 Å². The molecule has 1 heterocycles. The molecule has 4 nitrogen and oxygen atoms in total. The molecular formula is C18H33N3O. The maximum absolute atomic E-state index is 12.0. The quantitative estimate of drug-likeness (QED) is 0.792. The number of carbonyl (C=O) groups excluding carboxylic acids is 1. The molecule has 0 aromatic heterocycles. The van der Waals surface area contributed by atoms with Crippen LogP contribution in [0.1, 0.15) is 52.4 Å². The van der Waals surface area contributed by atoms with Gasteiger partial charge in [0, 0.05) is 38.3 Å². The number of nitrogens with zero attached hydrogens (tertiary/aromatic N) is 2. The number of allylic oxidation sites excluding steroid dienone is 1. The van der Waals surface area contributed by atoms with E-state index >= 15 is 0 Å². The average Bonchev–Trinajstić information content (AvgIpc) is 2.48. The van der Waals surface area contributed by atoms with E-state index in [0.717, 1.165) is 32.6 Å². The minimum atomic E-state index is 0.175. The first kappa shape index (κ1) is 17.5. The van der Waals surface area contributed by atoms with Crippen molar-refractivity contribution in [3.63, 3.8) is 0 Å². The van der Waals surface area contributed by atoms with Crippen molar-refractivity contribution in [2.75, 3.05) is 32.7 Å². The summed E-state index contributed by atoms with van der Waals surface area (Å²) in [5.41, 5.74) is 0. The van der Waals surface area contributed by atoms with Gasteiger partial charge in [-0.25, -0.2) is 0 Å². The molecule has 0 radical (unpaired) electrons. The Kier molecular flexibility index (Phi) is 7.40. The van der Waals surface area contributed by atoms with Crippen LogP contribution >= 0.6 is 0 Å². The second-order valence-corrected chi connectivity index (χ2v) is 6.82. The van der Waals surface area contributed by atoms with Crippen LogP contribution in [0.15, 0.2) is 12.2 Å². The molecule has 0 aromatic carbocycles. The maximum atomic E-state index is 12.0. The molecule has 2 unspecified atom stereocenters.